The summed E-state index contributed by atoms with van der Waals surface area (Å²) in [5, 5.41) is 1.41. The fourth-order valence-electron chi connectivity index (χ4n) is 3.44. The number of nitrogens with zero attached hydrogens (tertiary/aromatic N) is 2. The van der Waals surface area contributed by atoms with Gasteiger partial charge in [-0.25, -0.2) is 9.37 Å². The Labute approximate surface area is 191 Å². The zero-order chi connectivity index (χ0) is 25.5. The van der Waals surface area contributed by atoms with Crippen LogP contribution in [0.3, 0.4) is 0 Å². The molecule has 4 rings (SSSR count). The van der Waals surface area contributed by atoms with E-state index in [2.05, 4.69) is 4.98 Å². The van der Waals surface area contributed by atoms with Gasteiger partial charge in [0.2, 0.25) is 0 Å². The molecule has 1 amide bonds. The molecule has 0 atom stereocenters. The Morgan fingerprint density at radius 2 is 1.51 bits per heavy atom. The maximum atomic E-state index is 14.8. The van der Waals surface area contributed by atoms with Crippen molar-refractivity contribution in [1.29, 1.82) is 0 Å². The standard InChI is InChI=1S/C23H12F7N3O2/c24-15-8-4-7-14(22(25,26)27)17(15)18-20(32-21(35)23(28,29)30)31-16-10-9-13(11-33(16)18)19(34)12-5-2-1-3-6-12/h1-11H,(H,32,35). The number of amides is 1. The zero-order valence-electron chi connectivity index (χ0n) is 17.2. The van der Waals surface area contributed by atoms with Crippen molar-refractivity contribution in [1.82, 2.24) is 9.38 Å². The van der Waals surface area contributed by atoms with Crippen molar-refractivity contribution in [3.63, 3.8) is 0 Å². The highest BCUT2D eigenvalue weighted by molar-refractivity contribution is 6.09. The summed E-state index contributed by atoms with van der Waals surface area (Å²) in [7, 11) is 0. The van der Waals surface area contributed by atoms with Gasteiger partial charge in [-0.15, -0.1) is 0 Å². The fourth-order valence-corrected chi connectivity index (χ4v) is 3.44. The largest absolute Gasteiger partial charge is 0.471 e. The van der Waals surface area contributed by atoms with Crippen molar-refractivity contribution in [3.8, 4) is 11.3 Å². The van der Waals surface area contributed by atoms with Crippen molar-refractivity contribution in [2.45, 2.75) is 12.4 Å². The van der Waals surface area contributed by atoms with Crippen molar-refractivity contribution in [3.05, 3.63) is 89.4 Å². The molecule has 2 aromatic carbocycles. The topological polar surface area (TPSA) is 63.5 Å². The van der Waals surface area contributed by atoms with Gasteiger partial charge in [-0.1, -0.05) is 36.4 Å². The summed E-state index contributed by atoms with van der Waals surface area (Å²) < 4.78 is 95.4. The van der Waals surface area contributed by atoms with Gasteiger partial charge < -0.3 is 5.32 Å². The molecule has 2 heterocycles. The highest BCUT2D eigenvalue weighted by Gasteiger charge is 2.41. The number of halogens is 7. The first-order chi connectivity index (χ1) is 16.4. The molecule has 12 heteroatoms. The van der Waals surface area contributed by atoms with Gasteiger partial charge in [0, 0.05) is 17.3 Å². The van der Waals surface area contributed by atoms with Crippen LogP contribution in [0.1, 0.15) is 21.5 Å². The van der Waals surface area contributed by atoms with Gasteiger partial charge in [0.05, 0.1) is 11.1 Å². The second-order valence-corrected chi connectivity index (χ2v) is 7.26. The van der Waals surface area contributed by atoms with Gasteiger partial charge in [-0.3, -0.25) is 14.0 Å². The molecule has 0 bridgehead atoms. The van der Waals surface area contributed by atoms with Gasteiger partial charge in [0.1, 0.15) is 17.2 Å². The SMILES string of the molecule is O=C(c1ccccc1)c1ccc2nc(NC(=O)C(F)(F)F)c(-c3c(F)cccc3C(F)(F)F)n2c1. The molecule has 0 radical (unpaired) electrons. The van der Waals surface area contributed by atoms with Gasteiger partial charge in [-0.2, -0.15) is 26.3 Å². The molecule has 35 heavy (non-hydrogen) atoms. The highest BCUT2D eigenvalue weighted by atomic mass is 19.4. The number of rotatable bonds is 4. The lowest BCUT2D eigenvalue weighted by Crippen LogP contribution is -2.30. The third kappa shape index (κ3) is 4.59. The molecule has 0 aliphatic rings. The van der Waals surface area contributed by atoms with Crippen LogP contribution in [-0.2, 0) is 11.0 Å². The molecule has 180 valence electrons. The Hall–Kier alpha value is -4.22. The first-order valence-corrected chi connectivity index (χ1v) is 9.74. The molecule has 0 aliphatic carbocycles. The van der Waals surface area contributed by atoms with E-state index in [0.29, 0.717) is 12.1 Å². The highest BCUT2D eigenvalue weighted by Crippen LogP contribution is 2.41. The van der Waals surface area contributed by atoms with Crippen LogP contribution < -0.4 is 5.32 Å². The summed E-state index contributed by atoms with van der Waals surface area (Å²) >= 11 is 0. The minimum Gasteiger partial charge on any atom is -0.301 e. The molecule has 0 spiro atoms. The Morgan fingerprint density at radius 3 is 2.14 bits per heavy atom. The second kappa shape index (κ2) is 8.53. The van der Waals surface area contributed by atoms with Gasteiger partial charge >= 0.3 is 18.3 Å². The van der Waals surface area contributed by atoms with E-state index in [1.807, 2.05) is 0 Å². The predicted molar refractivity (Wildman–Crippen MR) is 110 cm³/mol. The molecule has 2 aromatic heterocycles. The molecule has 1 N–H and O–H groups in total. The van der Waals surface area contributed by atoms with E-state index in [9.17, 15) is 40.3 Å². The normalized spacial score (nSPS) is 12.1. The van der Waals surface area contributed by atoms with E-state index in [4.69, 9.17) is 0 Å². The summed E-state index contributed by atoms with van der Waals surface area (Å²) in [6, 6.07) is 12.2. The number of carbonyl (C=O) groups is 2. The number of hydrogen-bond donors (Lipinski definition) is 1. The lowest BCUT2D eigenvalue weighted by molar-refractivity contribution is -0.167. The fraction of sp³-hybridized carbons (Fsp3) is 0.0870. The minimum atomic E-state index is -5.40. The van der Waals surface area contributed by atoms with Crippen molar-refractivity contribution in [2.75, 3.05) is 5.32 Å². The number of carbonyl (C=O) groups excluding carboxylic acids is 2. The van der Waals surface area contributed by atoms with Crippen LogP contribution in [0.2, 0.25) is 0 Å². The number of anilines is 1. The van der Waals surface area contributed by atoms with Gasteiger partial charge in [-0.05, 0) is 24.3 Å². The van der Waals surface area contributed by atoms with Crippen LogP contribution in [0.5, 0.6) is 0 Å². The summed E-state index contributed by atoms with van der Waals surface area (Å²) in [5.41, 5.74) is -3.55. The van der Waals surface area contributed by atoms with E-state index in [1.165, 1.54) is 23.5 Å². The maximum absolute atomic E-state index is 14.8. The Morgan fingerprint density at radius 1 is 0.829 bits per heavy atom. The van der Waals surface area contributed by atoms with E-state index >= 15 is 0 Å². The first kappa shape index (κ1) is 23.9. The van der Waals surface area contributed by atoms with E-state index in [0.717, 1.165) is 22.7 Å². The van der Waals surface area contributed by atoms with Crippen LogP contribution in [-0.4, -0.2) is 27.3 Å². The van der Waals surface area contributed by atoms with Gasteiger partial charge in [0.15, 0.2) is 11.6 Å². The molecule has 4 aromatic rings. The number of fused-ring (bicyclic) bond motifs is 1. The van der Waals surface area contributed by atoms with Crippen molar-refractivity contribution >= 4 is 23.2 Å². The maximum Gasteiger partial charge on any atom is 0.471 e. The van der Waals surface area contributed by atoms with Crippen molar-refractivity contribution < 1.29 is 40.3 Å². The molecule has 0 unspecified atom stereocenters. The number of nitrogens with one attached hydrogen (secondary N) is 1. The second-order valence-electron chi connectivity index (χ2n) is 7.26. The molecular formula is C23H12F7N3O2. The predicted octanol–water partition coefficient (Wildman–Crippen LogP) is 5.89. The van der Waals surface area contributed by atoms with Crippen molar-refractivity contribution in [2.24, 2.45) is 0 Å². The molecule has 0 aliphatic heterocycles. The molecule has 0 saturated carbocycles. The Bertz CT molecular complexity index is 1440. The lowest BCUT2D eigenvalue weighted by atomic mass is 10.0. The Kier molecular flexibility index (Phi) is 5.83. The number of alkyl halides is 6. The number of ketones is 1. The average Bonchev–Trinajstić information content (AvgIpc) is 3.14. The summed E-state index contributed by atoms with van der Waals surface area (Å²) in [4.78, 5) is 28.2. The van der Waals surface area contributed by atoms with Crippen LogP contribution in [0, 0.1) is 5.82 Å². The smallest absolute Gasteiger partial charge is 0.301 e. The number of imidazole rings is 1. The molecular weight excluding hydrogens is 483 g/mol. The third-order valence-corrected chi connectivity index (χ3v) is 4.96. The summed E-state index contributed by atoms with van der Waals surface area (Å²) in [5.74, 6) is -5.47. The molecule has 0 saturated heterocycles. The number of aromatic nitrogens is 2. The summed E-state index contributed by atoms with van der Waals surface area (Å²) in [6.45, 7) is 0. The zero-order valence-corrected chi connectivity index (χ0v) is 17.2. The Balaban J connectivity index is 2.00. The monoisotopic (exact) mass is 495 g/mol. The number of benzene rings is 2. The first-order valence-electron chi connectivity index (χ1n) is 9.74. The van der Waals surface area contributed by atoms with Gasteiger partial charge in [0.25, 0.3) is 0 Å². The van der Waals surface area contributed by atoms with E-state index in [1.54, 1.807) is 18.2 Å². The van der Waals surface area contributed by atoms with Crippen LogP contribution in [0.25, 0.3) is 16.9 Å². The average molecular weight is 495 g/mol. The third-order valence-electron chi connectivity index (χ3n) is 4.96. The van der Waals surface area contributed by atoms with E-state index < -0.39 is 52.5 Å². The summed E-state index contributed by atoms with van der Waals surface area (Å²) in [6.07, 6.45) is -9.49. The number of hydrogen-bond acceptors (Lipinski definition) is 3. The van der Waals surface area contributed by atoms with Crippen LogP contribution in [0.4, 0.5) is 36.6 Å². The van der Waals surface area contributed by atoms with Crippen LogP contribution in [0.15, 0.2) is 66.9 Å². The van der Waals surface area contributed by atoms with Crippen LogP contribution >= 0.6 is 0 Å². The lowest BCUT2D eigenvalue weighted by Gasteiger charge is -2.15. The molecule has 0 fully saturated rings. The van der Waals surface area contributed by atoms with E-state index in [-0.39, 0.29) is 16.8 Å². The quantitative estimate of drug-likeness (QED) is 0.284. The molecule has 5 nitrogen and oxygen atoms in total. The number of pyridine rings is 1. The minimum absolute atomic E-state index is 0.0686.